The van der Waals surface area contributed by atoms with E-state index in [1.807, 2.05) is 0 Å². The summed E-state index contributed by atoms with van der Waals surface area (Å²) in [4.78, 5) is 37.4. The summed E-state index contributed by atoms with van der Waals surface area (Å²) < 4.78 is 14.5. The van der Waals surface area contributed by atoms with Gasteiger partial charge in [-0.3, -0.25) is 4.79 Å². The molecule has 10 heteroatoms. The lowest BCUT2D eigenvalue weighted by molar-refractivity contribution is -0.149. The number of ether oxygens (including phenoxy) is 3. The summed E-state index contributed by atoms with van der Waals surface area (Å²) in [6.45, 7) is 3.06. The lowest BCUT2D eigenvalue weighted by Gasteiger charge is -2.29. The molecule has 1 aliphatic carbocycles. The second-order valence-corrected chi connectivity index (χ2v) is 8.69. The molecule has 1 aromatic rings. The number of alkyl halides is 2. The summed E-state index contributed by atoms with van der Waals surface area (Å²) >= 11 is 12.0. The zero-order chi connectivity index (χ0) is 22.1. The van der Waals surface area contributed by atoms with Crippen molar-refractivity contribution >= 4 is 41.2 Å². The summed E-state index contributed by atoms with van der Waals surface area (Å²) in [5.74, 6) is -0.631. The van der Waals surface area contributed by atoms with Crippen LogP contribution in [0.15, 0.2) is 35.5 Å². The Morgan fingerprint density at radius 1 is 1.20 bits per heavy atom. The van der Waals surface area contributed by atoms with Gasteiger partial charge in [0.2, 0.25) is 0 Å². The largest absolute Gasteiger partial charge is 0.497 e. The van der Waals surface area contributed by atoms with Crippen molar-refractivity contribution in [3.63, 3.8) is 0 Å². The van der Waals surface area contributed by atoms with Crippen LogP contribution < -0.4 is 15.4 Å². The van der Waals surface area contributed by atoms with Crippen molar-refractivity contribution < 1.29 is 28.6 Å². The van der Waals surface area contributed by atoms with E-state index in [1.54, 1.807) is 38.1 Å². The Morgan fingerprint density at radius 3 is 2.37 bits per heavy atom. The molecular formula is C20H22Cl2N2O6. The molecule has 30 heavy (non-hydrogen) atoms. The molecule has 1 aromatic carbocycles. The first-order valence-corrected chi connectivity index (χ1v) is 10.0. The van der Waals surface area contributed by atoms with Crippen LogP contribution in [0.3, 0.4) is 0 Å². The maximum absolute atomic E-state index is 12.7. The van der Waals surface area contributed by atoms with Crippen molar-refractivity contribution in [1.82, 2.24) is 10.6 Å². The first kappa shape index (κ1) is 22.2. The minimum absolute atomic E-state index is 0.130. The number of hydrogen-bond donors (Lipinski definition) is 2. The maximum atomic E-state index is 12.7. The van der Waals surface area contributed by atoms with Crippen LogP contribution in [0.4, 0.5) is 4.79 Å². The van der Waals surface area contributed by atoms with Gasteiger partial charge in [0.25, 0.3) is 0 Å². The van der Waals surface area contributed by atoms with Crippen LogP contribution in [0.1, 0.15) is 31.9 Å². The molecule has 0 unspecified atom stereocenters. The van der Waals surface area contributed by atoms with E-state index in [0.29, 0.717) is 11.3 Å². The van der Waals surface area contributed by atoms with Gasteiger partial charge in [-0.05, 0) is 31.5 Å². The Kier molecular flexibility index (Phi) is 6.19. The Morgan fingerprint density at radius 2 is 1.83 bits per heavy atom. The van der Waals surface area contributed by atoms with Crippen LogP contribution in [-0.2, 0) is 19.1 Å². The number of carbonyl (C=O) groups excluding carboxylic acids is 3. The van der Waals surface area contributed by atoms with Crippen LogP contribution in [0.5, 0.6) is 5.75 Å². The van der Waals surface area contributed by atoms with E-state index >= 15 is 0 Å². The van der Waals surface area contributed by atoms with Gasteiger partial charge in [-0.2, -0.15) is 0 Å². The number of nitrogens with one attached hydrogen (secondary N) is 2. The summed E-state index contributed by atoms with van der Waals surface area (Å²) in [5.41, 5.74) is -0.136. The van der Waals surface area contributed by atoms with E-state index in [4.69, 9.17) is 37.4 Å². The molecule has 2 atom stereocenters. The number of benzene rings is 1. The number of rotatable bonds is 7. The zero-order valence-corrected chi connectivity index (χ0v) is 18.2. The SMILES string of the molecule is CCOC(=O)C1=C(COC(=O)[C@@]2(C)CC2(Cl)Cl)NC(=O)N[C@@H]1c1ccc(OC)cc1. The van der Waals surface area contributed by atoms with Gasteiger partial charge in [-0.25, -0.2) is 9.59 Å². The fraction of sp³-hybridized carbons (Fsp3) is 0.450. The van der Waals surface area contributed by atoms with Crippen LogP contribution >= 0.6 is 23.2 Å². The predicted octanol–water partition coefficient (Wildman–Crippen LogP) is 2.99. The number of urea groups is 1. The lowest BCUT2D eigenvalue weighted by atomic mass is 9.95. The Bertz CT molecular complexity index is 899. The van der Waals surface area contributed by atoms with Gasteiger partial charge < -0.3 is 24.8 Å². The molecule has 0 radical (unpaired) electrons. The smallest absolute Gasteiger partial charge is 0.338 e. The van der Waals surface area contributed by atoms with Crippen LogP contribution in [0, 0.1) is 5.41 Å². The highest BCUT2D eigenvalue weighted by Gasteiger charge is 2.69. The highest BCUT2D eigenvalue weighted by Crippen LogP contribution is 2.64. The summed E-state index contributed by atoms with van der Waals surface area (Å²) in [7, 11) is 1.54. The van der Waals surface area contributed by atoms with Crippen LogP contribution in [-0.4, -0.2) is 42.6 Å². The third kappa shape index (κ3) is 4.20. The highest BCUT2D eigenvalue weighted by atomic mass is 35.5. The standard InChI is InChI=1S/C20H22Cl2N2O6/c1-4-29-16(25)14-13(9-30-17(26)19(2)10-20(19,21)22)23-18(27)24-15(14)11-5-7-12(28-3)8-6-11/h5-8,15H,4,9-10H2,1-3H3,(H2,23,24,27)/t15-,19-/m1/s1. The molecule has 2 N–H and O–H groups in total. The van der Waals surface area contributed by atoms with Gasteiger partial charge in [-0.15, -0.1) is 23.2 Å². The molecule has 0 saturated heterocycles. The molecule has 1 fully saturated rings. The minimum atomic E-state index is -1.19. The van der Waals surface area contributed by atoms with E-state index in [0.717, 1.165) is 0 Å². The third-order valence-corrected chi connectivity index (χ3v) is 6.26. The molecule has 0 aromatic heterocycles. The van der Waals surface area contributed by atoms with Crippen LogP contribution in [0.2, 0.25) is 0 Å². The molecule has 1 saturated carbocycles. The highest BCUT2D eigenvalue weighted by molar-refractivity contribution is 6.53. The fourth-order valence-electron chi connectivity index (χ4n) is 3.15. The van der Waals surface area contributed by atoms with Crippen molar-refractivity contribution in [2.45, 2.75) is 30.6 Å². The minimum Gasteiger partial charge on any atom is -0.497 e. The molecule has 162 valence electrons. The molecule has 1 aliphatic heterocycles. The Balaban J connectivity index is 1.91. The Hall–Kier alpha value is -2.45. The van der Waals surface area contributed by atoms with Crippen molar-refractivity contribution in [1.29, 1.82) is 0 Å². The van der Waals surface area contributed by atoms with Gasteiger partial charge in [-0.1, -0.05) is 12.1 Å². The predicted molar refractivity (Wildman–Crippen MR) is 109 cm³/mol. The molecule has 1 heterocycles. The summed E-state index contributed by atoms with van der Waals surface area (Å²) in [5, 5.41) is 5.24. The third-order valence-electron chi connectivity index (χ3n) is 5.15. The van der Waals surface area contributed by atoms with Crippen LogP contribution in [0.25, 0.3) is 0 Å². The first-order valence-electron chi connectivity index (χ1n) is 9.29. The van der Waals surface area contributed by atoms with E-state index in [-0.39, 0.29) is 30.9 Å². The second kappa shape index (κ2) is 8.35. The van der Waals surface area contributed by atoms with E-state index < -0.39 is 33.8 Å². The molecule has 2 amide bonds. The molecule has 8 nitrogen and oxygen atoms in total. The fourth-order valence-corrected chi connectivity index (χ4v) is 3.84. The summed E-state index contributed by atoms with van der Waals surface area (Å²) in [6.07, 6.45) is 0.258. The van der Waals surface area contributed by atoms with E-state index in [1.165, 1.54) is 7.11 Å². The van der Waals surface area contributed by atoms with Crippen molar-refractivity contribution in [2.24, 2.45) is 5.41 Å². The van der Waals surface area contributed by atoms with Crippen molar-refractivity contribution in [3.05, 3.63) is 41.1 Å². The monoisotopic (exact) mass is 456 g/mol. The second-order valence-electron chi connectivity index (χ2n) is 7.21. The number of halogens is 2. The lowest BCUT2D eigenvalue weighted by Crippen LogP contribution is -2.47. The molecular weight excluding hydrogens is 435 g/mol. The van der Waals surface area contributed by atoms with Gasteiger partial charge >= 0.3 is 18.0 Å². The number of carbonyl (C=O) groups is 3. The van der Waals surface area contributed by atoms with Gasteiger partial charge in [0.1, 0.15) is 22.1 Å². The molecule has 0 bridgehead atoms. The molecule has 2 aliphatic rings. The maximum Gasteiger partial charge on any atom is 0.338 e. The van der Waals surface area contributed by atoms with Gasteiger partial charge in [0, 0.05) is 6.42 Å². The normalized spacial score (nSPS) is 24.4. The van der Waals surface area contributed by atoms with E-state index in [9.17, 15) is 14.4 Å². The van der Waals surface area contributed by atoms with Gasteiger partial charge in [0.15, 0.2) is 0 Å². The zero-order valence-electron chi connectivity index (χ0n) is 16.7. The average Bonchev–Trinajstić information content (AvgIpc) is 3.24. The molecule has 0 spiro atoms. The Labute approximate surface area is 183 Å². The number of methoxy groups -OCH3 is 1. The first-order chi connectivity index (χ1) is 14.1. The topological polar surface area (TPSA) is 103 Å². The quantitative estimate of drug-likeness (QED) is 0.482. The van der Waals surface area contributed by atoms with Crippen molar-refractivity contribution in [3.8, 4) is 5.75 Å². The van der Waals surface area contributed by atoms with Crippen molar-refractivity contribution in [2.75, 3.05) is 20.3 Å². The van der Waals surface area contributed by atoms with E-state index in [2.05, 4.69) is 10.6 Å². The number of hydrogen-bond acceptors (Lipinski definition) is 6. The molecule has 3 rings (SSSR count). The summed E-state index contributed by atoms with van der Waals surface area (Å²) in [6, 6.07) is 5.52. The average molecular weight is 457 g/mol. The van der Waals surface area contributed by atoms with Gasteiger partial charge in [0.05, 0.1) is 31.0 Å². The number of esters is 2. The number of amides is 2.